The van der Waals surface area contributed by atoms with Gasteiger partial charge in [-0.2, -0.15) is 0 Å². The van der Waals surface area contributed by atoms with E-state index in [1.165, 1.54) is 30.4 Å². The molecule has 0 amide bonds. The van der Waals surface area contributed by atoms with Crippen LogP contribution in [0.15, 0.2) is 24.4 Å². The normalized spacial score (nSPS) is 20.6. The second-order valence-corrected chi connectivity index (χ2v) is 10.6. The standard InChI is InChI=1S/C22H24B2ClN3O3/c1-19(2,3)31-17(29)13-4-5-14(26-16(13)25)28-11-6-15(27-28)30-12-22(23,24)18-20(7-8-20)21(18)9-10-21/h4-6,11,18H,7-10,12H2,1-3H3. The molecule has 31 heavy (non-hydrogen) atoms. The summed E-state index contributed by atoms with van der Waals surface area (Å²) in [6.45, 7) is 5.59. The van der Waals surface area contributed by atoms with Crippen LogP contribution in [0.25, 0.3) is 5.82 Å². The van der Waals surface area contributed by atoms with Crippen LogP contribution in [-0.4, -0.2) is 48.6 Å². The molecule has 0 aliphatic heterocycles. The van der Waals surface area contributed by atoms with E-state index in [0.29, 0.717) is 28.4 Å². The van der Waals surface area contributed by atoms with E-state index in [-0.39, 0.29) is 17.3 Å². The van der Waals surface area contributed by atoms with Crippen LogP contribution < -0.4 is 4.74 Å². The lowest BCUT2D eigenvalue weighted by molar-refractivity contribution is 0.00693. The van der Waals surface area contributed by atoms with Crippen molar-refractivity contribution >= 4 is 33.3 Å². The number of halogens is 1. The smallest absolute Gasteiger partial charge is 0.341 e. The molecule has 3 aliphatic rings. The van der Waals surface area contributed by atoms with Crippen molar-refractivity contribution in [2.75, 3.05) is 6.61 Å². The van der Waals surface area contributed by atoms with Gasteiger partial charge in [-0.05, 0) is 75.3 Å². The first-order valence-corrected chi connectivity index (χ1v) is 11.0. The maximum absolute atomic E-state index is 12.3. The first-order chi connectivity index (χ1) is 14.5. The van der Waals surface area contributed by atoms with Gasteiger partial charge >= 0.3 is 5.97 Å². The number of carbonyl (C=O) groups is 1. The minimum Gasteiger partial charge on any atom is -0.478 e. The van der Waals surface area contributed by atoms with Gasteiger partial charge < -0.3 is 9.47 Å². The molecule has 5 rings (SSSR count). The van der Waals surface area contributed by atoms with E-state index in [9.17, 15) is 4.79 Å². The summed E-state index contributed by atoms with van der Waals surface area (Å²) in [6, 6.07) is 4.94. The van der Waals surface area contributed by atoms with Crippen molar-refractivity contribution < 1.29 is 14.3 Å². The molecule has 0 saturated heterocycles. The fraction of sp³-hybridized carbons (Fsp3) is 0.591. The number of rotatable bonds is 6. The molecule has 0 bridgehead atoms. The van der Waals surface area contributed by atoms with Crippen LogP contribution in [0.3, 0.4) is 0 Å². The number of pyridine rings is 1. The number of carbonyl (C=O) groups excluding carboxylic acids is 1. The predicted octanol–water partition coefficient (Wildman–Crippen LogP) is 3.90. The second-order valence-electron chi connectivity index (χ2n) is 10.3. The van der Waals surface area contributed by atoms with Crippen molar-refractivity contribution in [2.24, 2.45) is 16.7 Å². The Hall–Kier alpha value is -1.95. The lowest BCUT2D eigenvalue weighted by Crippen LogP contribution is -2.26. The highest BCUT2D eigenvalue weighted by Crippen LogP contribution is 2.95. The number of hydrogen-bond donors (Lipinski definition) is 0. The molecule has 0 unspecified atom stereocenters. The minimum absolute atomic E-state index is 0.0471. The highest BCUT2D eigenvalue weighted by Gasteiger charge is 2.88. The lowest BCUT2D eigenvalue weighted by Gasteiger charge is -2.26. The monoisotopic (exact) mass is 435 g/mol. The van der Waals surface area contributed by atoms with E-state index < -0.39 is 16.8 Å². The Morgan fingerprint density at radius 3 is 2.39 bits per heavy atom. The van der Waals surface area contributed by atoms with Crippen molar-refractivity contribution in [3.8, 4) is 11.7 Å². The zero-order valence-corrected chi connectivity index (χ0v) is 18.8. The topological polar surface area (TPSA) is 66.2 Å². The zero-order valence-electron chi connectivity index (χ0n) is 18.0. The summed E-state index contributed by atoms with van der Waals surface area (Å²) in [6.07, 6.45) is 6.68. The maximum Gasteiger partial charge on any atom is 0.341 e. The van der Waals surface area contributed by atoms with Crippen LogP contribution in [0, 0.1) is 16.7 Å². The molecule has 3 saturated carbocycles. The van der Waals surface area contributed by atoms with Crippen molar-refractivity contribution in [1.82, 2.24) is 14.8 Å². The third-order valence-corrected chi connectivity index (χ3v) is 7.14. The number of fused-ring (bicyclic) bond motifs is 1. The quantitative estimate of drug-likeness (QED) is 0.391. The van der Waals surface area contributed by atoms with E-state index in [1.807, 2.05) is 0 Å². The van der Waals surface area contributed by atoms with E-state index in [2.05, 4.69) is 10.1 Å². The Bertz CT molecular complexity index is 1040. The molecule has 2 spiro atoms. The van der Waals surface area contributed by atoms with E-state index in [0.717, 1.165) is 0 Å². The summed E-state index contributed by atoms with van der Waals surface area (Å²) < 4.78 is 12.7. The molecular formula is C22H24B2ClN3O3. The van der Waals surface area contributed by atoms with Crippen molar-refractivity contribution in [3.05, 3.63) is 35.1 Å². The average Bonchev–Trinajstić information content (AvgIpc) is 3.62. The number of hydrogen-bond acceptors (Lipinski definition) is 5. The molecule has 9 heteroatoms. The molecule has 2 aromatic heterocycles. The molecule has 0 atom stereocenters. The minimum atomic E-state index is -0.854. The molecule has 2 aromatic rings. The van der Waals surface area contributed by atoms with Gasteiger partial charge in [0.2, 0.25) is 5.88 Å². The van der Waals surface area contributed by atoms with Gasteiger partial charge in [-0.1, -0.05) is 16.8 Å². The highest BCUT2D eigenvalue weighted by molar-refractivity contribution is 6.40. The van der Waals surface area contributed by atoms with Crippen molar-refractivity contribution in [1.29, 1.82) is 0 Å². The van der Waals surface area contributed by atoms with Crippen LogP contribution in [0.2, 0.25) is 10.4 Å². The molecule has 2 heterocycles. The molecule has 3 fully saturated rings. The van der Waals surface area contributed by atoms with E-state index in [1.54, 1.807) is 45.2 Å². The number of ether oxygens (including phenoxy) is 2. The highest BCUT2D eigenvalue weighted by atomic mass is 35.5. The molecule has 3 aliphatic carbocycles. The number of nitrogens with zero attached hydrogens (tertiary/aromatic N) is 3. The molecule has 4 radical (unpaired) electrons. The van der Waals surface area contributed by atoms with Crippen LogP contribution in [0.1, 0.15) is 56.8 Å². The van der Waals surface area contributed by atoms with Crippen LogP contribution in [-0.2, 0) is 4.74 Å². The Labute approximate surface area is 189 Å². The Morgan fingerprint density at radius 1 is 1.19 bits per heavy atom. The van der Waals surface area contributed by atoms with Crippen molar-refractivity contribution in [3.63, 3.8) is 0 Å². The summed E-state index contributed by atoms with van der Waals surface area (Å²) in [5.41, 5.74) is 0.381. The predicted molar refractivity (Wildman–Crippen MR) is 118 cm³/mol. The summed E-state index contributed by atoms with van der Waals surface area (Å²) >= 11 is 6.22. The van der Waals surface area contributed by atoms with Gasteiger partial charge in [0, 0.05) is 12.3 Å². The van der Waals surface area contributed by atoms with Gasteiger partial charge in [-0.3, -0.25) is 0 Å². The van der Waals surface area contributed by atoms with Crippen LogP contribution in [0.5, 0.6) is 5.88 Å². The van der Waals surface area contributed by atoms with E-state index in [4.69, 9.17) is 36.8 Å². The van der Waals surface area contributed by atoms with Crippen LogP contribution in [0.4, 0.5) is 0 Å². The van der Waals surface area contributed by atoms with Crippen molar-refractivity contribution in [2.45, 2.75) is 57.3 Å². The molecular weight excluding hydrogens is 411 g/mol. The Balaban J connectivity index is 1.24. The van der Waals surface area contributed by atoms with E-state index >= 15 is 0 Å². The number of esters is 1. The summed E-state index contributed by atoms with van der Waals surface area (Å²) in [5.74, 6) is 0.681. The lowest BCUT2D eigenvalue weighted by atomic mass is 9.51. The third kappa shape index (κ3) is 3.47. The van der Waals surface area contributed by atoms with Gasteiger partial charge in [0.25, 0.3) is 0 Å². The fourth-order valence-electron chi connectivity index (χ4n) is 5.44. The van der Waals surface area contributed by atoms with Gasteiger partial charge in [0.1, 0.15) is 10.8 Å². The molecule has 0 N–H and O–H groups in total. The third-order valence-electron chi connectivity index (χ3n) is 6.85. The molecule has 0 aromatic carbocycles. The fourth-order valence-corrected chi connectivity index (χ4v) is 5.67. The van der Waals surface area contributed by atoms with Gasteiger partial charge in [-0.15, -0.1) is 5.10 Å². The number of aromatic nitrogens is 3. The SMILES string of the molecule is [B]C([B])(COc1ccn(-c2ccc(C(=O)OC(C)(C)C)c(Cl)n2)n1)C1C2(CC2)C12CC2. The zero-order chi connectivity index (χ0) is 22.2. The second kappa shape index (κ2) is 6.53. The summed E-state index contributed by atoms with van der Waals surface area (Å²) in [4.78, 5) is 16.5. The first-order valence-electron chi connectivity index (χ1n) is 10.6. The molecule has 6 nitrogen and oxygen atoms in total. The summed E-state index contributed by atoms with van der Waals surface area (Å²) in [7, 11) is 12.9. The largest absolute Gasteiger partial charge is 0.478 e. The maximum atomic E-state index is 12.3. The molecule has 158 valence electrons. The van der Waals surface area contributed by atoms with Gasteiger partial charge in [0.05, 0.1) is 27.9 Å². The van der Waals surface area contributed by atoms with Gasteiger partial charge in [-0.25, -0.2) is 14.5 Å². The Morgan fingerprint density at radius 2 is 1.84 bits per heavy atom. The summed E-state index contributed by atoms with van der Waals surface area (Å²) in [5, 5.41) is 3.58. The first kappa shape index (κ1) is 20.9. The average molecular weight is 436 g/mol. The Kier molecular flexibility index (Phi) is 4.41. The van der Waals surface area contributed by atoms with Gasteiger partial charge in [0.15, 0.2) is 5.82 Å². The van der Waals surface area contributed by atoms with Crippen LogP contribution >= 0.6 is 11.6 Å².